The van der Waals surface area contributed by atoms with Gasteiger partial charge in [-0.25, -0.2) is 8.42 Å². The highest BCUT2D eigenvalue weighted by Crippen LogP contribution is 2.26. The lowest BCUT2D eigenvalue weighted by Crippen LogP contribution is -2.39. The number of nitrogens with zero attached hydrogens (tertiary/aromatic N) is 1. The van der Waals surface area contributed by atoms with Crippen LogP contribution in [0.15, 0.2) is 46.0 Å². The van der Waals surface area contributed by atoms with Crippen molar-refractivity contribution < 1.29 is 13.2 Å². The SMILES string of the molecule is Cc1ccc(OCC2CCN(S(=O)(=O)c3cccs3)CC2)cc1. The number of aryl methyl sites for hydroxylation is 1. The van der Waals surface area contributed by atoms with Crippen LogP contribution in [0.5, 0.6) is 5.75 Å². The minimum atomic E-state index is -3.30. The van der Waals surface area contributed by atoms with E-state index in [-0.39, 0.29) is 0 Å². The topological polar surface area (TPSA) is 46.6 Å². The summed E-state index contributed by atoms with van der Waals surface area (Å²) in [6.07, 6.45) is 1.69. The number of hydrogen-bond donors (Lipinski definition) is 0. The first-order valence-corrected chi connectivity index (χ1v) is 10.1. The van der Waals surface area contributed by atoms with E-state index in [4.69, 9.17) is 4.74 Å². The van der Waals surface area contributed by atoms with E-state index in [1.54, 1.807) is 21.8 Å². The summed E-state index contributed by atoms with van der Waals surface area (Å²) in [6, 6.07) is 11.5. The van der Waals surface area contributed by atoms with Crippen molar-refractivity contribution >= 4 is 21.4 Å². The molecule has 1 aromatic carbocycles. The molecule has 4 nitrogen and oxygen atoms in total. The Hall–Kier alpha value is -1.37. The second-order valence-corrected chi connectivity index (χ2v) is 9.02. The van der Waals surface area contributed by atoms with Crippen molar-refractivity contribution in [2.45, 2.75) is 24.0 Å². The number of piperidine rings is 1. The molecule has 23 heavy (non-hydrogen) atoms. The van der Waals surface area contributed by atoms with E-state index >= 15 is 0 Å². The quantitative estimate of drug-likeness (QED) is 0.828. The molecule has 6 heteroatoms. The average molecular weight is 351 g/mol. The largest absolute Gasteiger partial charge is 0.493 e. The molecule has 2 aromatic rings. The van der Waals surface area contributed by atoms with E-state index in [2.05, 4.69) is 0 Å². The lowest BCUT2D eigenvalue weighted by atomic mass is 9.99. The number of sulfonamides is 1. The molecule has 124 valence electrons. The summed E-state index contributed by atoms with van der Waals surface area (Å²) in [5, 5.41) is 1.80. The number of hydrogen-bond acceptors (Lipinski definition) is 4. The maximum absolute atomic E-state index is 12.5. The molecule has 1 aliphatic rings. The van der Waals surface area contributed by atoms with Crippen LogP contribution in [0.4, 0.5) is 0 Å². The molecule has 0 unspecified atom stereocenters. The van der Waals surface area contributed by atoms with Gasteiger partial charge < -0.3 is 4.74 Å². The third kappa shape index (κ3) is 3.94. The van der Waals surface area contributed by atoms with Crippen LogP contribution < -0.4 is 4.74 Å². The van der Waals surface area contributed by atoms with Crippen LogP contribution in [-0.2, 0) is 10.0 Å². The Morgan fingerprint density at radius 1 is 1.17 bits per heavy atom. The second kappa shape index (κ2) is 7.03. The van der Waals surface area contributed by atoms with Crippen molar-refractivity contribution in [3.8, 4) is 5.75 Å². The van der Waals surface area contributed by atoms with Gasteiger partial charge in [-0.3, -0.25) is 0 Å². The molecule has 0 N–H and O–H groups in total. The minimum Gasteiger partial charge on any atom is -0.493 e. The van der Waals surface area contributed by atoms with Gasteiger partial charge in [0.05, 0.1) is 6.61 Å². The van der Waals surface area contributed by atoms with E-state index in [1.165, 1.54) is 16.9 Å². The fourth-order valence-corrected chi connectivity index (χ4v) is 5.32. The zero-order chi connectivity index (χ0) is 16.3. The molecule has 0 radical (unpaired) electrons. The summed E-state index contributed by atoms with van der Waals surface area (Å²) >= 11 is 1.28. The van der Waals surface area contributed by atoms with Gasteiger partial charge in [-0.05, 0) is 49.3 Å². The van der Waals surface area contributed by atoms with Crippen LogP contribution in [0.3, 0.4) is 0 Å². The van der Waals surface area contributed by atoms with Crippen LogP contribution in [0.1, 0.15) is 18.4 Å². The first-order valence-electron chi connectivity index (χ1n) is 7.79. The van der Waals surface area contributed by atoms with Crippen molar-refractivity contribution in [3.05, 3.63) is 47.3 Å². The zero-order valence-electron chi connectivity index (χ0n) is 13.1. The molecule has 2 heterocycles. The lowest BCUT2D eigenvalue weighted by molar-refractivity contribution is 0.185. The summed E-state index contributed by atoms with van der Waals surface area (Å²) in [6.45, 7) is 3.84. The maximum Gasteiger partial charge on any atom is 0.252 e. The molecule has 0 aliphatic carbocycles. The van der Waals surface area contributed by atoms with Gasteiger partial charge >= 0.3 is 0 Å². The van der Waals surface area contributed by atoms with E-state index < -0.39 is 10.0 Å². The molecule has 0 atom stereocenters. The lowest BCUT2D eigenvalue weighted by Gasteiger charge is -2.30. The van der Waals surface area contributed by atoms with Gasteiger partial charge in [-0.2, -0.15) is 4.31 Å². The Balaban J connectivity index is 1.51. The van der Waals surface area contributed by atoms with Crippen molar-refractivity contribution in [3.63, 3.8) is 0 Å². The van der Waals surface area contributed by atoms with Gasteiger partial charge in [-0.1, -0.05) is 23.8 Å². The van der Waals surface area contributed by atoms with Gasteiger partial charge in [0.15, 0.2) is 0 Å². The minimum absolute atomic E-state index is 0.408. The van der Waals surface area contributed by atoms with E-state index in [0.717, 1.165) is 18.6 Å². The Bertz CT molecular complexity index is 716. The first kappa shape index (κ1) is 16.5. The molecular formula is C17H21NO3S2. The van der Waals surface area contributed by atoms with Crippen LogP contribution in [-0.4, -0.2) is 32.4 Å². The highest BCUT2D eigenvalue weighted by Gasteiger charge is 2.30. The van der Waals surface area contributed by atoms with E-state index in [1.807, 2.05) is 31.2 Å². The molecule has 1 saturated heterocycles. The van der Waals surface area contributed by atoms with Gasteiger partial charge in [0, 0.05) is 13.1 Å². The van der Waals surface area contributed by atoms with Crippen molar-refractivity contribution in [1.82, 2.24) is 4.31 Å². The Morgan fingerprint density at radius 2 is 1.87 bits per heavy atom. The molecule has 0 saturated carbocycles. The van der Waals surface area contributed by atoms with Gasteiger partial charge in [-0.15, -0.1) is 11.3 Å². The number of benzene rings is 1. The molecule has 3 rings (SSSR count). The van der Waals surface area contributed by atoms with E-state index in [0.29, 0.717) is 29.8 Å². The number of rotatable bonds is 5. The predicted octanol–water partition coefficient (Wildman–Crippen LogP) is 3.54. The Kier molecular flexibility index (Phi) is 5.04. The molecular weight excluding hydrogens is 330 g/mol. The van der Waals surface area contributed by atoms with Crippen LogP contribution in [0.25, 0.3) is 0 Å². The van der Waals surface area contributed by atoms with Crippen LogP contribution >= 0.6 is 11.3 Å². The number of ether oxygens (including phenoxy) is 1. The predicted molar refractivity (Wildman–Crippen MR) is 92.5 cm³/mol. The van der Waals surface area contributed by atoms with Gasteiger partial charge in [0.25, 0.3) is 10.0 Å². The highest BCUT2D eigenvalue weighted by atomic mass is 32.2. The van der Waals surface area contributed by atoms with Gasteiger partial charge in [0.1, 0.15) is 9.96 Å². The monoisotopic (exact) mass is 351 g/mol. The highest BCUT2D eigenvalue weighted by molar-refractivity contribution is 7.91. The van der Waals surface area contributed by atoms with Crippen LogP contribution in [0.2, 0.25) is 0 Å². The van der Waals surface area contributed by atoms with Crippen molar-refractivity contribution in [1.29, 1.82) is 0 Å². The summed E-state index contributed by atoms with van der Waals surface area (Å²) in [5.74, 6) is 1.29. The molecule has 0 spiro atoms. The zero-order valence-corrected chi connectivity index (χ0v) is 14.8. The second-order valence-electron chi connectivity index (χ2n) is 5.90. The third-order valence-electron chi connectivity index (χ3n) is 4.17. The maximum atomic E-state index is 12.5. The van der Waals surface area contributed by atoms with Crippen molar-refractivity contribution in [2.24, 2.45) is 5.92 Å². The van der Waals surface area contributed by atoms with Crippen molar-refractivity contribution in [2.75, 3.05) is 19.7 Å². The summed E-state index contributed by atoms with van der Waals surface area (Å²) in [7, 11) is -3.30. The Morgan fingerprint density at radius 3 is 2.48 bits per heavy atom. The fourth-order valence-electron chi connectivity index (χ4n) is 2.70. The van der Waals surface area contributed by atoms with Crippen LogP contribution in [0, 0.1) is 12.8 Å². The summed E-state index contributed by atoms with van der Waals surface area (Å²) in [4.78, 5) is 0. The van der Waals surface area contributed by atoms with Gasteiger partial charge in [0.2, 0.25) is 0 Å². The normalized spacial score (nSPS) is 17.3. The first-order chi connectivity index (χ1) is 11.1. The number of thiophene rings is 1. The molecule has 1 fully saturated rings. The summed E-state index contributed by atoms with van der Waals surface area (Å²) in [5.41, 5.74) is 1.21. The molecule has 1 aromatic heterocycles. The molecule has 0 amide bonds. The van der Waals surface area contributed by atoms with E-state index in [9.17, 15) is 8.42 Å². The smallest absolute Gasteiger partial charge is 0.252 e. The molecule has 0 bridgehead atoms. The standard InChI is InChI=1S/C17H21NO3S2/c1-14-4-6-16(7-5-14)21-13-15-8-10-18(11-9-15)23(19,20)17-3-2-12-22-17/h2-7,12,15H,8-11,13H2,1H3. The summed E-state index contributed by atoms with van der Waals surface area (Å²) < 4.78 is 32.8. The molecule has 1 aliphatic heterocycles. The third-order valence-corrected chi connectivity index (χ3v) is 7.44. The average Bonchev–Trinajstić information content (AvgIpc) is 3.10. The Labute approximate surface area is 141 Å². The fraction of sp³-hybridized carbons (Fsp3) is 0.412.